The second-order valence-corrected chi connectivity index (χ2v) is 4.41. The van der Waals surface area contributed by atoms with Crippen LogP contribution in [0.3, 0.4) is 0 Å². The van der Waals surface area contributed by atoms with Gasteiger partial charge < -0.3 is 10.6 Å². The Hall–Kier alpha value is -0.900. The minimum Gasteiger partial charge on any atom is -0.347 e. The lowest BCUT2D eigenvalue weighted by Crippen LogP contribution is -2.46. The summed E-state index contributed by atoms with van der Waals surface area (Å²) in [5.74, 6) is -0.716. The first-order chi connectivity index (χ1) is 7.69. The number of carbonyl (C=O) groups is 2. The van der Waals surface area contributed by atoms with Crippen molar-refractivity contribution >= 4 is 11.7 Å². The van der Waals surface area contributed by atoms with Crippen LogP contribution in [0, 0.1) is 0 Å². The maximum absolute atomic E-state index is 11.8. The highest BCUT2D eigenvalue weighted by Gasteiger charge is 2.29. The average Bonchev–Trinajstić information content (AvgIpc) is 3.07. The maximum atomic E-state index is 11.8. The predicted octanol–water partition coefficient (Wildman–Crippen LogP) is 1.00. The van der Waals surface area contributed by atoms with Gasteiger partial charge in [-0.25, -0.2) is 0 Å². The van der Waals surface area contributed by atoms with Crippen LogP contribution in [0.4, 0.5) is 0 Å². The second-order valence-electron chi connectivity index (χ2n) is 4.41. The summed E-state index contributed by atoms with van der Waals surface area (Å²) in [5.41, 5.74) is 0. The van der Waals surface area contributed by atoms with Gasteiger partial charge in [0.25, 0.3) is 5.91 Å². The van der Waals surface area contributed by atoms with Crippen molar-refractivity contribution in [2.75, 3.05) is 6.54 Å². The number of carbonyl (C=O) groups excluding carboxylic acids is 2. The third-order valence-electron chi connectivity index (χ3n) is 2.67. The Labute approximate surface area is 97.2 Å². The van der Waals surface area contributed by atoms with Gasteiger partial charge in [0.05, 0.1) is 6.04 Å². The smallest absolute Gasteiger partial charge is 0.289 e. The van der Waals surface area contributed by atoms with E-state index < -0.39 is 5.91 Å². The minimum atomic E-state index is -0.412. The summed E-state index contributed by atoms with van der Waals surface area (Å²) < 4.78 is 0. The third kappa shape index (κ3) is 4.31. The zero-order valence-corrected chi connectivity index (χ0v) is 10.2. The fourth-order valence-electron chi connectivity index (χ4n) is 1.58. The number of hydrogen-bond acceptors (Lipinski definition) is 3. The molecule has 4 heteroatoms. The number of hydrogen-bond donors (Lipinski definition) is 2. The van der Waals surface area contributed by atoms with E-state index in [2.05, 4.69) is 10.6 Å². The number of nitrogens with one attached hydrogen (secondary N) is 2. The Kier molecular flexibility index (Phi) is 5.46. The van der Waals surface area contributed by atoms with E-state index in [1.54, 1.807) is 0 Å². The van der Waals surface area contributed by atoms with Gasteiger partial charge in [-0.2, -0.15) is 0 Å². The highest BCUT2D eigenvalue weighted by atomic mass is 16.2. The molecule has 0 aromatic carbocycles. The molecule has 1 rings (SSSR count). The van der Waals surface area contributed by atoms with Gasteiger partial charge in [-0.1, -0.05) is 20.3 Å². The number of rotatable bonds is 8. The molecule has 2 N–H and O–H groups in total. The molecule has 1 saturated carbocycles. The first kappa shape index (κ1) is 13.2. The van der Waals surface area contributed by atoms with E-state index >= 15 is 0 Å². The van der Waals surface area contributed by atoms with Gasteiger partial charge in [-0.05, 0) is 32.2 Å². The lowest BCUT2D eigenvalue weighted by Gasteiger charge is -2.15. The first-order valence-corrected chi connectivity index (χ1v) is 6.27. The van der Waals surface area contributed by atoms with E-state index in [0.29, 0.717) is 0 Å². The quantitative estimate of drug-likeness (QED) is 0.607. The van der Waals surface area contributed by atoms with Crippen LogP contribution in [-0.4, -0.2) is 30.3 Å². The fraction of sp³-hybridized carbons (Fsp3) is 0.833. The number of amides is 1. The Morgan fingerprint density at radius 3 is 2.44 bits per heavy atom. The van der Waals surface area contributed by atoms with Crippen LogP contribution in [0.25, 0.3) is 0 Å². The van der Waals surface area contributed by atoms with Gasteiger partial charge >= 0.3 is 0 Å². The molecule has 1 aliphatic rings. The van der Waals surface area contributed by atoms with E-state index in [-0.39, 0.29) is 17.9 Å². The normalized spacial score (nSPS) is 16.9. The first-order valence-electron chi connectivity index (χ1n) is 6.27. The molecule has 0 heterocycles. The summed E-state index contributed by atoms with van der Waals surface area (Å²) in [5, 5.41) is 5.87. The molecule has 0 bridgehead atoms. The highest BCUT2D eigenvalue weighted by molar-refractivity contribution is 6.38. The summed E-state index contributed by atoms with van der Waals surface area (Å²) in [7, 11) is 0. The summed E-state index contributed by atoms with van der Waals surface area (Å²) in [6.45, 7) is 4.85. The fourth-order valence-corrected chi connectivity index (χ4v) is 1.58. The van der Waals surface area contributed by atoms with Crippen LogP contribution >= 0.6 is 0 Å². The number of Topliss-reactive ketones (excluding diaryl/α,β-unsaturated/α-hetero) is 1. The van der Waals surface area contributed by atoms with E-state index in [1.807, 2.05) is 13.8 Å². The molecule has 1 atom stereocenters. The molecule has 1 fully saturated rings. The summed E-state index contributed by atoms with van der Waals surface area (Å²) in [4.78, 5) is 23.4. The molecule has 0 radical (unpaired) electrons. The number of ketones is 1. The standard InChI is InChI=1S/C12H22N2O2/c1-3-5-10(13-8-4-2)11(15)12(16)14-9-6-7-9/h9-10,13H,3-8H2,1-2H3,(H,14,16)/t10-/m0/s1. The van der Waals surface area contributed by atoms with E-state index in [1.165, 1.54) is 0 Å². The molecule has 0 aliphatic heterocycles. The van der Waals surface area contributed by atoms with Crippen molar-refractivity contribution in [3.05, 3.63) is 0 Å². The van der Waals surface area contributed by atoms with Crippen molar-refractivity contribution in [1.82, 2.24) is 10.6 Å². The van der Waals surface area contributed by atoms with Crippen LogP contribution in [0.15, 0.2) is 0 Å². The topological polar surface area (TPSA) is 58.2 Å². The van der Waals surface area contributed by atoms with Crippen molar-refractivity contribution in [3.8, 4) is 0 Å². The van der Waals surface area contributed by atoms with Gasteiger partial charge in [-0.15, -0.1) is 0 Å². The van der Waals surface area contributed by atoms with Gasteiger partial charge in [0, 0.05) is 6.04 Å². The van der Waals surface area contributed by atoms with Gasteiger partial charge in [-0.3, -0.25) is 9.59 Å². The minimum absolute atomic E-state index is 0.255. The molecule has 0 aromatic heterocycles. The van der Waals surface area contributed by atoms with E-state index in [0.717, 1.165) is 38.6 Å². The van der Waals surface area contributed by atoms with Crippen LogP contribution in [0.2, 0.25) is 0 Å². The van der Waals surface area contributed by atoms with E-state index in [9.17, 15) is 9.59 Å². The SMILES string of the molecule is CCCN[C@@H](CCC)C(=O)C(=O)NC1CC1. The molecule has 16 heavy (non-hydrogen) atoms. The monoisotopic (exact) mass is 226 g/mol. The zero-order valence-electron chi connectivity index (χ0n) is 10.2. The molecule has 0 unspecified atom stereocenters. The Morgan fingerprint density at radius 2 is 1.94 bits per heavy atom. The van der Waals surface area contributed by atoms with Gasteiger partial charge in [0.15, 0.2) is 0 Å². The molecule has 0 aromatic rings. The molecule has 0 spiro atoms. The molecule has 4 nitrogen and oxygen atoms in total. The van der Waals surface area contributed by atoms with Crippen molar-refractivity contribution in [1.29, 1.82) is 0 Å². The van der Waals surface area contributed by atoms with Gasteiger partial charge in [0.2, 0.25) is 5.78 Å². The van der Waals surface area contributed by atoms with Crippen molar-refractivity contribution in [3.63, 3.8) is 0 Å². The van der Waals surface area contributed by atoms with Crippen LogP contribution in [0.1, 0.15) is 46.0 Å². The van der Waals surface area contributed by atoms with Gasteiger partial charge in [0.1, 0.15) is 0 Å². The highest BCUT2D eigenvalue weighted by Crippen LogP contribution is 2.18. The Balaban J connectivity index is 2.40. The van der Waals surface area contributed by atoms with Crippen molar-refractivity contribution in [2.24, 2.45) is 0 Å². The van der Waals surface area contributed by atoms with Crippen molar-refractivity contribution < 1.29 is 9.59 Å². The lowest BCUT2D eigenvalue weighted by atomic mass is 10.1. The molecule has 1 amide bonds. The van der Waals surface area contributed by atoms with Crippen LogP contribution in [-0.2, 0) is 9.59 Å². The summed E-state index contributed by atoms with van der Waals surface area (Å²) in [6.07, 6.45) is 4.64. The Bertz CT molecular complexity index is 249. The molecular formula is C12H22N2O2. The van der Waals surface area contributed by atoms with Crippen LogP contribution in [0.5, 0.6) is 0 Å². The second kappa shape index (κ2) is 6.63. The summed E-state index contributed by atoms with van der Waals surface area (Å²) in [6, 6.07) is -0.0476. The summed E-state index contributed by atoms with van der Waals surface area (Å²) >= 11 is 0. The molecule has 0 saturated heterocycles. The zero-order chi connectivity index (χ0) is 12.0. The van der Waals surface area contributed by atoms with Crippen molar-refractivity contribution in [2.45, 2.75) is 58.0 Å². The third-order valence-corrected chi connectivity index (χ3v) is 2.67. The Morgan fingerprint density at radius 1 is 1.25 bits per heavy atom. The average molecular weight is 226 g/mol. The molecule has 92 valence electrons. The predicted molar refractivity (Wildman–Crippen MR) is 63.2 cm³/mol. The maximum Gasteiger partial charge on any atom is 0.289 e. The lowest BCUT2D eigenvalue weighted by molar-refractivity contribution is -0.139. The molecular weight excluding hydrogens is 204 g/mol. The van der Waals surface area contributed by atoms with E-state index in [4.69, 9.17) is 0 Å². The molecule has 1 aliphatic carbocycles. The largest absolute Gasteiger partial charge is 0.347 e. The van der Waals surface area contributed by atoms with Crippen LogP contribution < -0.4 is 10.6 Å².